The van der Waals surface area contributed by atoms with Gasteiger partial charge in [-0.25, -0.2) is 0 Å². The predicted octanol–water partition coefficient (Wildman–Crippen LogP) is 5.19. The number of aryl methyl sites for hydroxylation is 1. The number of benzene rings is 2. The highest BCUT2D eigenvalue weighted by Crippen LogP contribution is 2.34. The molecule has 0 radical (unpaired) electrons. The molecule has 0 unspecified atom stereocenters. The molecule has 0 aliphatic heterocycles. The van der Waals surface area contributed by atoms with Crippen molar-refractivity contribution in [1.82, 2.24) is 0 Å². The van der Waals surface area contributed by atoms with E-state index < -0.39 is 0 Å². The zero-order chi connectivity index (χ0) is 12.9. The summed E-state index contributed by atoms with van der Waals surface area (Å²) in [6, 6.07) is 12.7. The number of para-hydroxylation sites is 1. The summed E-state index contributed by atoms with van der Waals surface area (Å²) in [5, 5.41) is 2.43. The van der Waals surface area contributed by atoms with E-state index in [0.29, 0.717) is 0 Å². The van der Waals surface area contributed by atoms with Crippen LogP contribution in [-0.4, -0.2) is 0 Å². The standard InChI is InChI=1S/C17H18O/c1-11-9-16-13(10-14(11)17(2,3)4)12-7-5-6-8-15(12)18-16/h5-10H,1-4H3. The molecule has 0 saturated heterocycles. The maximum Gasteiger partial charge on any atom is 0.135 e. The van der Waals surface area contributed by atoms with Crippen molar-refractivity contribution in [2.24, 2.45) is 0 Å². The van der Waals surface area contributed by atoms with E-state index in [2.05, 4.69) is 52.0 Å². The number of hydrogen-bond donors (Lipinski definition) is 0. The van der Waals surface area contributed by atoms with Gasteiger partial charge in [0, 0.05) is 10.8 Å². The number of hydrogen-bond acceptors (Lipinski definition) is 1. The zero-order valence-corrected chi connectivity index (χ0v) is 11.4. The Bertz CT molecular complexity index is 726. The monoisotopic (exact) mass is 238 g/mol. The van der Waals surface area contributed by atoms with Crippen LogP contribution in [0.3, 0.4) is 0 Å². The van der Waals surface area contributed by atoms with Crippen molar-refractivity contribution in [2.45, 2.75) is 33.1 Å². The van der Waals surface area contributed by atoms with E-state index in [0.717, 1.165) is 11.2 Å². The van der Waals surface area contributed by atoms with E-state index in [1.54, 1.807) is 0 Å². The molecule has 0 fully saturated rings. The van der Waals surface area contributed by atoms with Crippen LogP contribution in [0.25, 0.3) is 21.9 Å². The van der Waals surface area contributed by atoms with Gasteiger partial charge in [0.25, 0.3) is 0 Å². The topological polar surface area (TPSA) is 13.1 Å². The SMILES string of the molecule is Cc1cc2oc3ccccc3c2cc1C(C)(C)C. The molecule has 1 nitrogen and oxygen atoms in total. The molecule has 0 amide bonds. The maximum absolute atomic E-state index is 5.90. The number of furan rings is 1. The molecule has 92 valence electrons. The second-order valence-corrected chi connectivity index (χ2v) is 6.01. The summed E-state index contributed by atoms with van der Waals surface area (Å²) in [5.74, 6) is 0. The van der Waals surface area contributed by atoms with Crippen molar-refractivity contribution in [2.75, 3.05) is 0 Å². The first-order valence-corrected chi connectivity index (χ1v) is 6.39. The Labute approximate surface area is 107 Å². The number of fused-ring (bicyclic) bond motifs is 3. The quantitative estimate of drug-likeness (QED) is 0.525. The van der Waals surface area contributed by atoms with Gasteiger partial charge in [0.05, 0.1) is 0 Å². The molecular weight excluding hydrogens is 220 g/mol. The average Bonchev–Trinajstić information content (AvgIpc) is 2.63. The van der Waals surface area contributed by atoms with E-state index in [-0.39, 0.29) is 5.41 Å². The first-order chi connectivity index (χ1) is 8.47. The third-order valence-electron chi connectivity index (χ3n) is 3.53. The molecule has 0 aliphatic carbocycles. The van der Waals surface area contributed by atoms with Crippen LogP contribution in [0.1, 0.15) is 31.9 Å². The molecular formula is C17H18O. The van der Waals surface area contributed by atoms with E-state index >= 15 is 0 Å². The van der Waals surface area contributed by atoms with Crippen LogP contribution in [0.2, 0.25) is 0 Å². The second-order valence-electron chi connectivity index (χ2n) is 6.01. The van der Waals surface area contributed by atoms with Crippen molar-refractivity contribution < 1.29 is 4.42 Å². The summed E-state index contributed by atoms with van der Waals surface area (Å²) in [6.07, 6.45) is 0. The summed E-state index contributed by atoms with van der Waals surface area (Å²) in [4.78, 5) is 0. The third kappa shape index (κ3) is 1.62. The van der Waals surface area contributed by atoms with Crippen molar-refractivity contribution in [3.8, 4) is 0 Å². The summed E-state index contributed by atoms with van der Waals surface area (Å²) in [5.41, 5.74) is 4.81. The smallest absolute Gasteiger partial charge is 0.135 e. The summed E-state index contributed by atoms with van der Waals surface area (Å²) >= 11 is 0. The van der Waals surface area contributed by atoms with E-state index in [9.17, 15) is 0 Å². The Morgan fingerprint density at radius 1 is 0.889 bits per heavy atom. The Morgan fingerprint density at radius 2 is 1.61 bits per heavy atom. The lowest BCUT2D eigenvalue weighted by molar-refractivity contribution is 0.586. The van der Waals surface area contributed by atoms with Crippen LogP contribution in [-0.2, 0) is 5.41 Å². The van der Waals surface area contributed by atoms with Crippen molar-refractivity contribution in [3.63, 3.8) is 0 Å². The van der Waals surface area contributed by atoms with Crippen LogP contribution >= 0.6 is 0 Å². The van der Waals surface area contributed by atoms with Crippen LogP contribution in [0, 0.1) is 6.92 Å². The molecule has 1 heteroatoms. The van der Waals surface area contributed by atoms with E-state index in [1.165, 1.54) is 21.9 Å². The minimum Gasteiger partial charge on any atom is -0.456 e. The van der Waals surface area contributed by atoms with Gasteiger partial charge in [0.15, 0.2) is 0 Å². The van der Waals surface area contributed by atoms with Gasteiger partial charge in [-0.05, 0) is 41.7 Å². The fourth-order valence-electron chi connectivity index (χ4n) is 2.68. The molecule has 1 aromatic heterocycles. The molecule has 0 spiro atoms. The van der Waals surface area contributed by atoms with Gasteiger partial charge in [0.2, 0.25) is 0 Å². The van der Waals surface area contributed by atoms with Gasteiger partial charge in [-0.15, -0.1) is 0 Å². The van der Waals surface area contributed by atoms with Gasteiger partial charge >= 0.3 is 0 Å². The van der Waals surface area contributed by atoms with Crippen LogP contribution in [0.15, 0.2) is 40.8 Å². The molecule has 0 atom stereocenters. The lowest BCUT2D eigenvalue weighted by Crippen LogP contribution is -2.12. The second kappa shape index (κ2) is 3.61. The Kier molecular flexibility index (Phi) is 2.28. The lowest BCUT2D eigenvalue weighted by Gasteiger charge is -2.21. The van der Waals surface area contributed by atoms with Crippen molar-refractivity contribution in [3.05, 3.63) is 47.5 Å². The van der Waals surface area contributed by atoms with Gasteiger partial charge in [0.1, 0.15) is 11.2 Å². The van der Waals surface area contributed by atoms with E-state index in [4.69, 9.17) is 4.42 Å². The van der Waals surface area contributed by atoms with Crippen LogP contribution in [0.5, 0.6) is 0 Å². The zero-order valence-electron chi connectivity index (χ0n) is 11.4. The predicted molar refractivity (Wildman–Crippen MR) is 77.2 cm³/mol. The number of rotatable bonds is 0. The molecule has 0 N–H and O–H groups in total. The maximum atomic E-state index is 5.90. The Morgan fingerprint density at radius 3 is 2.33 bits per heavy atom. The van der Waals surface area contributed by atoms with Gasteiger partial charge in [-0.3, -0.25) is 0 Å². The average molecular weight is 238 g/mol. The van der Waals surface area contributed by atoms with Crippen molar-refractivity contribution >= 4 is 21.9 Å². The molecule has 0 saturated carbocycles. The van der Waals surface area contributed by atoms with Gasteiger partial charge < -0.3 is 4.42 Å². The molecule has 18 heavy (non-hydrogen) atoms. The highest BCUT2D eigenvalue weighted by molar-refractivity contribution is 6.05. The fraction of sp³-hybridized carbons (Fsp3) is 0.294. The third-order valence-corrected chi connectivity index (χ3v) is 3.53. The first kappa shape index (κ1) is 11.3. The normalized spacial score (nSPS) is 12.4. The van der Waals surface area contributed by atoms with Gasteiger partial charge in [-0.2, -0.15) is 0 Å². The summed E-state index contributed by atoms with van der Waals surface area (Å²) in [7, 11) is 0. The highest BCUT2D eigenvalue weighted by Gasteiger charge is 2.18. The van der Waals surface area contributed by atoms with Crippen molar-refractivity contribution in [1.29, 1.82) is 0 Å². The Balaban J connectivity index is 2.43. The molecule has 2 aromatic carbocycles. The molecule has 0 aliphatic rings. The van der Waals surface area contributed by atoms with Crippen LogP contribution < -0.4 is 0 Å². The molecule has 0 bridgehead atoms. The fourth-order valence-corrected chi connectivity index (χ4v) is 2.68. The lowest BCUT2D eigenvalue weighted by atomic mass is 9.83. The molecule has 3 aromatic rings. The molecule has 1 heterocycles. The Hall–Kier alpha value is -1.76. The molecule has 3 rings (SSSR count). The minimum atomic E-state index is 0.163. The summed E-state index contributed by atoms with van der Waals surface area (Å²) in [6.45, 7) is 8.92. The summed E-state index contributed by atoms with van der Waals surface area (Å²) < 4.78 is 5.90. The van der Waals surface area contributed by atoms with E-state index in [1.807, 2.05) is 12.1 Å². The van der Waals surface area contributed by atoms with Gasteiger partial charge in [-0.1, -0.05) is 39.0 Å². The highest BCUT2D eigenvalue weighted by atomic mass is 16.3. The van der Waals surface area contributed by atoms with Crippen LogP contribution in [0.4, 0.5) is 0 Å². The first-order valence-electron chi connectivity index (χ1n) is 6.39. The minimum absolute atomic E-state index is 0.163. The largest absolute Gasteiger partial charge is 0.456 e.